The highest BCUT2D eigenvalue weighted by molar-refractivity contribution is 5.41. The fourth-order valence-corrected chi connectivity index (χ4v) is 3.31. The predicted molar refractivity (Wildman–Crippen MR) is 102 cm³/mol. The van der Waals surface area contributed by atoms with Crippen LogP contribution in [0.3, 0.4) is 0 Å². The van der Waals surface area contributed by atoms with Gasteiger partial charge in [0.05, 0.1) is 0 Å². The van der Waals surface area contributed by atoms with Crippen molar-refractivity contribution >= 4 is 0 Å². The van der Waals surface area contributed by atoms with Crippen molar-refractivity contribution in [2.45, 2.75) is 33.1 Å². The summed E-state index contributed by atoms with van der Waals surface area (Å²) in [4.78, 5) is 0. The van der Waals surface area contributed by atoms with Crippen LogP contribution in [0.4, 0.5) is 0 Å². The maximum Gasteiger partial charge on any atom is 0.116 e. The molecule has 2 N–H and O–H groups in total. The fourth-order valence-electron chi connectivity index (χ4n) is 3.31. The van der Waals surface area contributed by atoms with Crippen molar-refractivity contribution < 1.29 is 10.2 Å². The predicted octanol–water partition coefficient (Wildman–Crippen LogP) is 5.09. The Balaban J connectivity index is 1.64. The summed E-state index contributed by atoms with van der Waals surface area (Å²) in [6.07, 6.45) is 2.85. The quantitative estimate of drug-likeness (QED) is 0.683. The lowest BCUT2D eigenvalue weighted by Gasteiger charge is -2.11. The maximum atomic E-state index is 9.66. The molecule has 0 heterocycles. The zero-order valence-corrected chi connectivity index (χ0v) is 14.8. The van der Waals surface area contributed by atoms with E-state index in [1.165, 1.54) is 22.3 Å². The lowest BCUT2D eigenvalue weighted by molar-refractivity contribution is 0.474. The van der Waals surface area contributed by atoms with Crippen molar-refractivity contribution in [3.63, 3.8) is 0 Å². The highest BCUT2D eigenvalue weighted by atomic mass is 16.3. The van der Waals surface area contributed by atoms with E-state index in [0.29, 0.717) is 11.5 Å². The van der Waals surface area contributed by atoms with Crippen LogP contribution in [0.15, 0.2) is 60.7 Å². The average Bonchev–Trinajstić information content (AvgIpc) is 2.57. The van der Waals surface area contributed by atoms with Crippen LogP contribution in [0.1, 0.15) is 33.4 Å². The van der Waals surface area contributed by atoms with Crippen molar-refractivity contribution in [3.8, 4) is 11.5 Å². The second-order valence-corrected chi connectivity index (χ2v) is 6.72. The molecule has 0 saturated heterocycles. The summed E-state index contributed by atoms with van der Waals surface area (Å²) in [6, 6.07) is 19.8. The number of benzene rings is 3. The summed E-state index contributed by atoms with van der Waals surface area (Å²) in [7, 11) is 0. The number of hydrogen-bond acceptors (Lipinski definition) is 2. The summed E-state index contributed by atoms with van der Waals surface area (Å²) in [5.74, 6) is 0.649. The molecule has 0 amide bonds. The molecule has 0 unspecified atom stereocenters. The van der Waals surface area contributed by atoms with Crippen LogP contribution in [-0.2, 0) is 19.3 Å². The molecule has 25 heavy (non-hydrogen) atoms. The Morgan fingerprint density at radius 2 is 1.08 bits per heavy atom. The van der Waals surface area contributed by atoms with Gasteiger partial charge in [-0.15, -0.1) is 0 Å². The third kappa shape index (κ3) is 4.42. The van der Waals surface area contributed by atoms with Crippen molar-refractivity contribution in [1.82, 2.24) is 0 Å². The molecule has 3 aromatic carbocycles. The molecular weight excluding hydrogens is 308 g/mol. The topological polar surface area (TPSA) is 40.5 Å². The van der Waals surface area contributed by atoms with Gasteiger partial charge in [-0.1, -0.05) is 36.4 Å². The number of rotatable bonds is 5. The zero-order chi connectivity index (χ0) is 17.8. The Kier molecular flexibility index (Phi) is 5.08. The summed E-state index contributed by atoms with van der Waals surface area (Å²) in [5.41, 5.74) is 7.42. The van der Waals surface area contributed by atoms with Gasteiger partial charge in [0, 0.05) is 0 Å². The van der Waals surface area contributed by atoms with Crippen LogP contribution in [0.25, 0.3) is 0 Å². The molecule has 2 nitrogen and oxygen atoms in total. The normalized spacial score (nSPS) is 10.8. The standard InChI is InChI=1S/C23H24O2/c1-16-13-22(25)14-17(2)23(16)12-9-18-3-5-19(6-4-18)15-20-7-10-21(24)11-8-20/h3-8,10-11,13-14,24-25H,9,12,15H2,1-2H3. The molecule has 0 fully saturated rings. The number of aromatic hydroxyl groups is 2. The van der Waals surface area contributed by atoms with Crippen LogP contribution < -0.4 is 0 Å². The molecule has 3 rings (SSSR count). The molecule has 0 bridgehead atoms. The van der Waals surface area contributed by atoms with Gasteiger partial charge in [-0.3, -0.25) is 0 Å². The first-order chi connectivity index (χ1) is 12.0. The summed E-state index contributed by atoms with van der Waals surface area (Å²) in [5, 5.41) is 19.0. The molecule has 0 aliphatic heterocycles. The Labute approximate surface area is 149 Å². The van der Waals surface area contributed by atoms with Gasteiger partial charge in [0.15, 0.2) is 0 Å². The molecule has 2 heteroatoms. The van der Waals surface area contributed by atoms with E-state index in [9.17, 15) is 10.2 Å². The molecule has 0 aliphatic carbocycles. The molecule has 0 saturated carbocycles. The van der Waals surface area contributed by atoms with Gasteiger partial charge < -0.3 is 10.2 Å². The highest BCUT2D eigenvalue weighted by Gasteiger charge is 2.06. The van der Waals surface area contributed by atoms with E-state index in [2.05, 4.69) is 38.1 Å². The number of aryl methyl sites for hydroxylation is 3. The summed E-state index contributed by atoms with van der Waals surface area (Å²) >= 11 is 0. The first-order valence-electron chi connectivity index (χ1n) is 8.66. The first-order valence-corrected chi connectivity index (χ1v) is 8.66. The number of phenols is 2. The van der Waals surface area contributed by atoms with E-state index in [1.807, 2.05) is 24.3 Å². The van der Waals surface area contributed by atoms with Crippen LogP contribution in [-0.4, -0.2) is 10.2 Å². The van der Waals surface area contributed by atoms with Crippen LogP contribution in [0, 0.1) is 13.8 Å². The van der Waals surface area contributed by atoms with Crippen molar-refractivity contribution in [3.05, 3.63) is 94.0 Å². The lowest BCUT2D eigenvalue weighted by atomic mass is 9.95. The van der Waals surface area contributed by atoms with Gasteiger partial charge in [0.1, 0.15) is 11.5 Å². The van der Waals surface area contributed by atoms with Gasteiger partial charge in [-0.05, 0) is 90.8 Å². The van der Waals surface area contributed by atoms with Gasteiger partial charge in [-0.25, -0.2) is 0 Å². The summed E-state index contributed by atoms with van der Waals surface area (Å²) in [6.45, 7) is 4.12. The van der Waals surface area contributed by atoms with Gasteiger partial charge in [0.2, 0.25) is 0 Å². The highest BCUT2D eigenvalue weighted by Crippen LogP contribution is 2.22. The van der Waals surface area contributed by atoms with E-state index in [0.717, 1.165) is 30.4 Å². The Morgan fingerprint density at radius 3 is 1.64 bits per heavy atom. The molecule has 0 spiro atoms. The minimum absolute atomic E-state index is 0.305. The van der Waals surface area contributed by atoms with Crippen molar-refractivity contribution in [1.29, 1.82) is 0 Å². The first kappa shape index (κ1) is 17.1. The van der Waals surface area contributed by atoms with Crippen LogP contribution >= 0.6 is 0 Å². The molecule has 0 atom stereocenters. The fraction of sp³-hybridized carbons (Fsp3) is 0.217. The Bertz CT molecular complexity index is 823. The molecule has 0 aliphatic rings. The van der Waals surface area contributed by atoms with Crippen molar-refractivity contribution in [2.75, 3.05) is 0 Å². The zero-order valence-electron chi connectivity index (χ0n) is 14.8. The van der Waals surface area contributed by atoms with E-state index >= 15 is 0 Å². The third-order valence-corrected chi connectivity index (χ3v) is 4.71. The Morgan fingerprint density at radius 1 is 0.600 bits per heavy atom. The van der Waals surface area contributed by atoms with Crippen LogP contribution in [0.2, 0.25) is 0 Å². The maximum absolute atomic E-state index is 9.66. The van der Waals surface area contributed by atoms with E-state index in [-0.39, 0.29) is 0 Å². The van der Waals surface area contributed by atoms with Gasteiger partial charge in [0.25, 0.3) is 0 Å². The van der Waals surface area contributed by atoms with Crippen LogP contribution in [0.5, 0.6) is 11.5 Å². The van der Waals surface area contributed by atoms with Crippen molar-refractivity contribution in [2.24, 2.45) is 0 Å². The minimum Gasteiger partial charge on any atom is -0.508 e. The molecule has 128 valence electrons. The summed E-state index contributed by atoms with van der Waals surface area (Å²) < 4.78 is 0. The largest absolute Gasteiger partial charge is 0.508 e. The SMILES string of the molecule is Cc1cc(O)cc(C)c1CCc1ccc(Cc2ccc(O)cc2)cc1. The molecule has 0 aromatic heterocycles. The van der Waals surface area contributed by atoms with E-state index in [1.54, 1.807) is 12.1 Å². The molecule has 3 aromatic rings. The monoisotopic (exact) mass is 332 g/mol. The molecular formula is C23H24O2. The van der Waals surface area contributed by atoms with E-state index in [4.69, 9.17) is 0 Å². The van der Waals surface area contributed by atoms with Gasteiger partial charge >= 0.3 is 0 Å². The smallest absolute Gasteiger partial charge is 0.116 e. The van der Waals surface area contributed by atoms with Gasteiger partial charge in [-0.2, -0.15) is 0 Å². The third-order valence-electron chi connectivity index (χ3n) is 4.71. The number of hydrogen-bond donors (Lipinski definition) is 2. The lowest BCUT2D eigenvalue weighted by Crippen LogP contribution is -1.98. The second-order valence-electron chi connectivity index (χ2n) is 6.72. The second kappa shape index (κ2) is 7.43. The minimum atomic E-state index is 0.305. The number of phenolic OH excluding ortho intramolecular Hbond substituents is 2. The molecule has 0 radical (unpaired) electrons. The van der Waals surface area contributed by atoms with E-state index < -0.39 is 0 Å². The average molecular weight is 332 g/mol. The Hall–Kier alpha value is -2.74.